The molecular formula is C17H29Cl2N. The van der Waals surface area contributed by atoms with Crippen molar-refractivity contribution in [3.63, 3.8) is 0 Å². The van der Waals surface area contributed by atoms with E-state index in [9.17, 15) is 0 Å². The molecule has 0 aliphatic carbocycles. The zero-order valence-corrected chi connectivity index (χ0v) is 14.9. The molecule has 0 aliphatic rings. The lowest BCUT2D eigenvalue weighted by molar-refractivity contribution is 0.789. The number of unbranched alkanes of at least 4 members (excludes halogenated alkanes) is 1. The first-order valence-corrected chi connectivity index (χ1v) is 8.76. The number of hydrogen-bond acceptors (Lipinski definition) is 1. The maximum absolute atomic E-state index is 5.85. The Bertz CT molecular complexity index is 347. The highest BCUT2D eigenvalue weighted by atomic mass is 35.5. The van der Waals surface area contributed by atoms with E-state index in [4.69, 9.17) is 23.2 Å². The Hall–Kier alpha value is -0.400. The summed E-state index contributed by atoms with van der Waals surface area (Å²) in [6, 6.07) is 6.67. The maximum Gasteiger partial charge on any atom is 0.0399 e. The van der Waals surface area contributed by atoms with E-state index in [0.29, 0.717) is 11.8 Å². The van der Waals surface area contributed by atoms with Crippen LogP contribution < -0.4 is 4.90 Å². The average Bonchev–Trinajstić information content (AvgIpc) is 2.48. The number of halogens is 2. The van der Waals surface area contributed by atoms with Gasteiger partial charge >= 0.3 is 0 Å². The average molecular weight is 318 g/mol. The predicted octanol–water partition coefficient (Wildman–Crippen LogP) is 5.65. The molecule has 116 valence electrons. The van der Waals surface area contributed by atoms with Gasteiger partial charge in [0.2, 0.25) is 0 Å². The molecule has 20 heavy (non-hydrogen) atoms. The minimum absolute atomic E-state index is 0.634. The van der Waals surface area contributed by atoms with Crippen molar-refractivity contribution in [1.82, 2.24) is 0 Å². The van der Waals surface area contributed by atoms with Crippen molar-refractivity contribution < 1.29 is 0 Å². The molecule has 1 aromatic rings. The fourth-order valence-corrected chi connectivity index (χ4v) is 2.47. The first-order chi connectivity index (χ1) is 9.72. The van der Waals surface area contributed by atoms with Gasteiger partial charge in [-0.25, -0.2) is 0 Å². The SMILES string of the molecule is CC.CCCCc1cc(N(CCCl)CCCl)ccc1C. The highest BCUT2D eigenvalue weighted by Gasteiger charge is 2.07. The molecule has 0 bridgehead atoms. The molecule has 0 fully saturated rings. The fraction of sp³-hybridized carbons (Fsp3) is 0.647. The Morgan fingerprint density at radius 1 is 1.05 bits per heavy atom. The van der Waals surface area contributed by atoms with Crippen molar-refractivity contribution in [3.05, 3.63) is 29.3 Å². The van der Waals surface area contributed by atoms with Crippen LogP contribution in [-0.4, -0.2) is 24.8 Å². The van der Waals surface area contributed by atoms with Crippen molar-refractivity contribution in [1.29, 1.82) is 0 Å². The summed E-state index contributed by atoms with van der Waals surface area (Å²) in [5.74, 6) is 1.27. The normalized spacial score (nSPS) is 9.90. The van der Waals surface area contributed by atoms with E-state index in [-0.39, 0.29) is 0 Å². The standard InChI is InChI=1S/C15H23Cl2N.C2H6/c1-3-4-5-14-12-15(7-6-13(14)2)18(10-8-16)11-9-17;1-2/h6-7,12H,3-5,8-11H2,1-2H3;1-2H3. The molecule has 3 heteroatoms. The van der Waals surface area contributed by atoms with Crippen LogP contribution in [0, 0.1) is 6.92 Å². The molecule has 0 aromatic heterocycles. The van der Waals surface area contributed by atoms with Crippen LogP contribution in [0.5, 0.6) is 0 Å². The fourth-order valence-electron chi connectivity index (χ4n) is 2.07. The van der Waals surface area contributed by atoms with Gasteiger partial charge < -0.3 is 4.90 Å². The van der Waals surface area contributed by atoms with Gasteiger partial charge in [0.15, 0.2) is 0 Å². The quantitative estimate of drug-likeness (QED) is 0.560. The van der Waals surface area contributed by atoms with Gasteiger partial charge in [0.05, 0.1) is 0 Å². The summed E-state index contributed by atoms with van der Waals surface area (Å²) in [6.45, 7) is 10.1. The van der Waals surface area contributed by atoms with E-state index in [1.807, 2.05) is 13.8 Å². The number of hydrogen-bond donors (Lipinski definition) is 0. The molecular weight excluding hydrogens is 289 g/mol. The molecule has 0 aliphatic heterocycles. The van der Waals surface area contributed by atoms with Crippen molar-refractivity contribution in [3.8, 4) is 0 Å². The first-order valence-electron chi connectivity index (χ1n) is 7.69. The van der Waals surface area contributed by atoms with Crippen LogP contribution in [0.25, 0.3) is 0 Å². The highest BCUT2D eigenvalue weighted by molar-refractivity contribution is 6.18. The third-order valence-corrected chi connectivity index (χ3v) is 3.54. The summed E-state index contributed by atoms with van der Waals surface area (Å²) >= 11 is 11.7. The zero-order valence-electron chi connectivity index (χ0n) is 13.4. The van der Waals surface area contributed by atoms with Gasteiger partial charge in [0, 0.05) is 30.5 Å². The molecule has 0 spiro atoms. The van der Waals surface area contributed by atoms with Crippen LogP contribution in [0.4, 0.5) is 5.69 Å². The topological polar surface area (TPSA) is 3.24 Å². The molecule has 1 rings (SSSR count). The molecule has 0 saturated heterocycles. The van der Waals surface area contributed by atoms with Crippen LogP contribution in [-0.2, 0) is 6.42 Å². The third-order valence-electron chi connectivity index (χ3n) is 3.21. The van der Waals surface area contributed by atoms with E-state index in [1.54, 1.807) is 0 Å². The van der Waals surface area contributed by atoms with Gasteiger partial charge in [0.25, 0.3) is 0 Å². The van der Waals surface area contributed by atoms with E-state index in [1.165, 1.54) is 29.7 Å². The lowest BCUT2D eigenvalue weighted by Crippen LogP contribution is -2.27. The summed E-state index contributed by atoms with van der Waals surface area (Å²) in [5, 5.41) is 0. The van der Waals surface area contributed by atoms with E-state index >= 15 is 0 Å². The Balaban J connectivity index is 0.00000172. The second-order valence-electron chi connectivity index (χ2n) is 4.58. The van der Waals surface area contributed by atoms with Gasteiger partial charge in [-0.1, -0.05) is 33.3 Å². The number of nitrogens with zero attached hydrogens (tertiary/aromatic N) is 1. The van der Waals surface area contributed by atoms with E-state index in [2.05, 4.69) is 36.9 Å². The van der Waals surface area contributed by atoms with Crippen LogP contribution >= 0.6 is 23.2 Å². The molecule has 0 radical (unpaired) electrons. The molecule has 1 aromatic carbocycles. The van der Waals surface area contributed by atoms with Crippen LogP contribution in [0.2, 0.25) is 0 Å². The summed E-state index contributed by atoms with van der Waals surface area (Å²) in [4.78, 5) is 2.26. The lowest BCUT2D eigenvalue weighted by Gasteiger charge is -2.24. The second kappa shape index (κ2) is 12.3. The van der Waals surface area contributed by atoms with Crippen molar-refractivity contribution in [2.75, 3.05) is 29.7 Å². The first kappa shape index (κ1) is 19.6. The number of alkyl halides is 2. The lowest BCUT2D eigenvalue weighted by atomic mass is 10.0. The Morgan fingerprint density at radius 2 is 1.65 bits per heavy atom. The van der Waals surface area contributed by atoms with Crippen LogP contribution in [0.15, 0.2) is 18.2 Å². The second-order valence-corrected chi connectivity index (χ2v) is 5.34. The van der Waals surface area contributed by atoms with Gasteiger partial charge in [-0.15, -0.1) is 23.2 Å². The highest BCUT2D eigenvalue weighted by Crippen LogP contribution is 2.21. The Morgan fingerprint density at radius 3 is 2.15 bits per heavy atom. The summed E-state index contributed by atoms with van der Waals surface area (Å²) in [5.41, 5.74) is 4.07. The van der Waals surface area contributed by atoms with E-state index in [0.717, 1.165) is 19.5 Å². The molecule has 0 amide bonds. The Kier molecular flexibility index (Phi) is 12.1. The zero-order chi connectivity index (χ0) is 15.4. The van der Waals surface area contributed by atoms with Crippen molar-refractivity contribution in [2.45, 2.75) is 47.0 Å². The van der Waals surface area contributed by atoms with E-state index < -0.39 is 0 Å². The van der Waals surface area contributed by atoms with Crippen LogP contribution in [0.3, 0.4) is 0 Å². The molecule has 0 N–H and O–H groups in total. The molecule has 0 atom stereocenters. The van der Waals surface area contributed by atoms with Crippen molar-refractivity contribution >= 4 is 28.9 Å². The molecule has 0 saturated carbocycles. The summed E-state index contributed by atoms with van der Waals surface area (Å²) < 4.78 is 0. The maximum atomic E-state index is 5.85. The number of anilines is 1. The summed E-state index contributed by atoms with van der Waals surface area (Å²) in [6.07, 6.45) is 3.64. The van der Waals surface area contributed by atoms with Crippen molar-refractivity contribution in [2.24, 2.45) is 0 Å². The molecule has 1 nitrogen and oxygen atoms in total. The van der Waals surface area contributed by atoms with Gasteiger partial charge in [0.1, 0.15) is 0 Å². The van der Waals surface area contributed by atoms with Gasteiger partial charge in [-0.2, -0.15) is 0 Å². The minimum atomic E-state index is 0.634. The Labute approximate surface area is 135 Å². The summed E-state index contributed by atoms with van der Waals surface area (Å²) in [7, 11) is 0. The number of aryl methyl sites for hydroxylation is 2. The number of benzene rings is 1. The predicted molar refractivity (Wildman–Crippen MR) is 94.8 cm³/mol. The van der Waals surface area contributed by atoms with Gasteiger partial charge in [-0.05, 0) is 43.0 Å². The van der Waals surface area contributed by atoms with Crippen LogP contribution in [0.1, 0.15) is 44.7 Å². The molecule has 0 unspecified atom stereocenters. The van der Waals surface area contributed by atoms with Gasteiger partial charge in [-0.3, -0.25) is 0 Å². The minimum Gasteiger partial charge on any atom is -0.369 e. The molecule has 0 heterocycles. The monoisotopic (exact) mass is 317 g/mol. The number of rotatable bonds is 8. The smallest absolute Gasteiger partial charge is 0.0399 e. The largest absolute Gasteiger partial charge is 0.369 e. The third kappa shape index (κ3) is 6.85.